The molecule has 0 aromatic carbocycles. The molecule has 0 saturated carbocycles. The first-order valence-corrected chi connectivity index (χ1v) is 10.7. The van der Waals surface area contributed by atoms with Gasteiger partial charge in [0, 0.05) is 41.6 Å². The van der Waals surface area contributed by atoms with E-state index in [1.165, 1.54) is 23.4 Å². The normalized spacial score (nSPS) is 26.1. The predicted octanol–water partition coefficient (Wildman–Crippen LogP) is 1.75. The molecule has 0 spiro atoms. The fourth-order valence-electron chi connectivity index (χ4n) is 4.88. The average Bonchev–Trinajstić information content (AvgIpc) is 3.10. The lowest BCUT2D eigenvalue weighted by molar-refractivity contribution is -0.127. The number of hydrogen-bond acceptors (Lipinski definition) is 5. The molecule has 3 atom stereocenters. The summed E-state index contributed by atoms with van der Waals surface area (Å²) in [6.07, 6.45) is 5.57. The standard InChI is InChI=1S/C20H24N4O2S/c25-18-7-3-5-15-12-8-13(10-21-9-12)19(24(15)18)20(26)22-11-17-23-14-4-1-2-6-16(14)27-17/h3,5,7,12-13,19,21H,1-2,4,6,8-11H2,(H,22,26)/t12-,13+,19-/m1/s1. The molecule has 142 valence electrons. The van der Waals surface area contributed by atoms with Gasteiger partial charge in [-0.1, -0.05) is 6.07 Å². The van der Waals surface area contributed by atoms with Crippen molar-refractivity contribution in [3.63, 3.8) is 0 Å². The average molecular weight is 385 g/mol. The third kappa shape index (κ3) is 3.02. The molecule has 1 aliphatic carbocycles. The first kappa shape index (κ1) is 17.1. The lowest BCUT2D eigenvalue weighted by Crippen LogP contribution is -2.52. The van der Waals surface area contributed by atoms with E-state index in [0.717, 1.165) is 43.1 Å². The molecule has 1 fully saturated rings. The van der Waals surface area contributed by atoms with E-state index in [0.29, 0.717) is 12.5 Å². The van der Waals surface area contributed by atoms with E-state index in [4.69, 9.17) is 4.98 Å². The molecule has 2 N–H and O–H groups in total. The van der Waals surface area contributed by atoms with Crippen molar-refractivity contribution in [1.82, 2.24) is 20.2 Å². The maximum Gasteiger partial charge on any atom is 0.251 e. The maximum absolute atomic E-state index is 13.1. The maximum atomic E-state index is 13.1. The summed E-state index contributed by atoms with van der Waals surface area (Å²) in [5.74, 6) is 0.401. The van der Waals surface area contributed by atoms with Crippen LogP contribution in [0.2, 0.25) is 0 Å². The molecule has 1 saturated heterocycles. The van der Waals surface area contributed by atoms with Gasteiger partial charge in [-0.15, -0.1) is 11.3 Å². The molecule has 1 amide bonds. The van der Waals surface area contributed by atoms with E-state index in [9.17, 15) is 9.59 Å². The van der Waals surface area contributed by atoms with E-state index < -0.39 is 6.04 Å². The van der Waals surface area contributed by atoms with Crippen molar-refractivity contribution in [2.45, 2.75) is 50.6 Å². The number of aryl methyl sites for hydroxylation is 2. The molecule has 7 heteroatoms. The molecular formula is C20H24N4O2S. The number of piperidine rings is 1. The van der Waals surface area contributed by atoms with Crippen molar-refractivity contribution in [3.8, 4) is 0 Å². The SMILES string of the molecule is O=C(NCc1nc2c(s1)CCCC2)[C@H]1[C@@H]2CNC[C@@H](C2)c2cccc(=O)n21. The van der Waals surface area contributed by atoms with Gasteiger partial charge < -0.3 is 10.6 Å². The molecule has 0 unspecified atom stereocenters. The molecular weight excluding hydrogens is 360 g/mol. The van der Waals surface area contributed by atoms with Gasteiger partial charge in [0.2, 0.25) is 5.91 Å². The van der Waals surface area contributed by atoms with E-state index in [1.807, 2.05) is 6.07 Å². The number of carbonyl (C=O) groups excluding carboxylic acids is 1. The molecule has 2 bridgehead atoms. The summed E-state index contributed by atoms with van der Waals surface area (Å²) in [7, 11) is 0. The van der Waals surface area contributed by atoms with Crippen molar-refractivity contribution in [1.29, 1.82) is 0 Å². The van der Waals surface area contributed by atoms with Gasteiger partial charge in [0.1, 0.15) is 11.0 Å². The zero-order valence-corrected chi connectivity index (χ0v) is 16.1. The number of rotatable bonds is 3. The molecule has 3 aliphatic rings. The fraction of sp³-hybridized carbons (Fsp3) is 0.550. The molecule has 2 aromatic rings. The first-order valence-electron chi connectivity index (χ1n) is 9.88. The highest BCUT2D eigenvalue weighted by Crippen LogP contribution is 2.38. The number of aromatic nitrogens is 2. The van der Waals surface area contributed by atoms with Gasteiger partial charge in [0.25, 0.3) is 5.56 Å². The number of pyridine rings is 1. The molecule has 2 aliphatic heterocycles. The van der Waals surface area contributed by atoms with Crippen molar-refractivity contribution < 1.29 is 4.79 Å². The molecule has 5 rings (SSSR count). The van der Waals surface area contributed by atoms with Crippen LogP contribution in [0.5, 0.6) is 0 Å². The number of amides is 1. The highest BCUT2D eigenvalue weighted by atomic mass is 32.1. The van der Waals surface area contributed by atoms with Gasteiger partial charge in [-0.25, -0.2) is 4.98 Å². The van der Waals surface area contributed by atoms with Crippen LogP contribution < -0.4 is 16.2 Å². The highest BCUT2D eigenvalue weighted by molar-refractivity contribution is 7.11. The first-order chi connectivity index (χ1) is 13.2. The smallest absolute Gasteiger partial charge is 0.251 e. The Balaban J connectivity index is 1.39. The quantitative estimate of drug-likeness (QED) is 0.845. The van der Waals surface area contributed by atoms with E-state index in [2.05, 4.69) is 10.6 Å². The van der Waals surface area contributed by atoms with Crippen LogP contribution in [0.1, 0.15) is 52.5 Å². The van der Waals surface area contributed by atoms with Crippen LogP contribution in [0, 0.1) is 5.92 Å². The van der Waals surface area contributed by atoms with E-state index in [-0.39, 0.29) is 17.4 Å². The number of nitrogens with one attached hydrogen (secondary N) is 2. The number of fused-ring (bicyclic) bond motifs is 5. The summed E-state index contributed by atoms with van der Waals surface area (Å²) in [5, 5.41) is 7.48. The second-order valence-corrected chi connectivity index (χ2v) is 9.03. The van der Waals surface area contributed by atoms with Gasteiger partial charge >= 0.3 is 0 Å². The van der Waals surface area contributed by atoms with Crippen LogP contribution >= 0.6 is 11.3 Å². The molecule has 0 radical (unpaired) electrons. The zero-order chi connectivity index (χ0) is 18.4. The predicted molar refractivity (Wildman–Crippen MR) is 104 cm³/mol. The minimum Gasteiger partial charge on any atom is -0.348 e. The summed E-state index contributed by atoms with van der Waals surface area (Å²) in [6, 6.07) is 4.92. The number of carbonyl (C=O) groups is 1. The van der Waals surface area contributed by atoms with Crippen LogP contribution in [-0.2, 0) is 24.2 Å². The highest BCUT2D eigenvalue weighted by Gasteiger charge is 2.41. The largest absolute Gasteiger partial charge is 0.348 e. The second kappa shape index (κ2) is 6.87. The van der Waals surface area contributed by atoms with Crippen LogP contribution in [-0.4, -0.2) is 28.5 Å². The van der Waals surface area contributed by atoms with Gasteiger partial charge in [0.05, 0.1) is 12.2 Å². The zero-order valence-electron chi connectivity index (χ0n) is 15.2. The Bertz CT molecular complexity index is 911. The summed E-state index contributed by atoms with van der Waals surface area (Å²) < 4.78 is 1.74. The Hall–Kier alpha value is -1.99. The number of nitrogens with zero attached hydrogens (tertiary/aromatic N) is 2. The van der Waals surface area contributed by atoms with E-state index in [1.54, 1.807) is 28.0 Å². The molecule has 2 aromatic heterocycles. The van der Waals surface area contributed by atoms with Crippen molar-refractivity contribution in [2.75, 3.05) is 13.1 Å². The summed E-state index contributed by atoms with van der Waals surface area (Å²) in [5.41, 5.74) is 2.12. The summed E-state index contributed by atoms with van der Waals surface area (Å²) in [6.45, 7) is 2.10. The van der Waals surface area contributed by atoms with Crippen LogP contribution in [0.4, 0.5) is 0 Å². The van der Waals surface area contributed by atoms with E-state index >= 15 is 0 Å². The number of thiazole rings is 1. The third-order valence-electron chi connectivity index (χ3n) is 6.12. The van der Waals surface area contributed by atoms with Crippen LogP contribution in [0.3, 0.4) is 0 Å². The van der Waals surface area contributed by atoms with Crippen molar-refractivity contribution >= 4 is 17.2 Å². The third-order valence-corrected chi connectivity index (χ3v) is 7.28. The van der Waals surface area contributed by atoms with Gasteiger partial charge in [-0.05, 0) is 38.2 Å². The van der Waals surface area contributed by atoms with Gasteiger partial charge in [-0.2, -0.15) is 0 Å². The van der Waals surface area contributed by atoms with Crippen LogP contribution in [0.25, 0.3) is 0 Å². The monoisotopic (exact) mass is 384 g/mol. The minimum absolute atomic E-state index is 0.0649. The fourth-order valence-corrected chi connectivity index (χ4v) is 5.98. The topological polar surface area (TPSA) is 76.0 Å². The van der Waals surface area contributed by atoms with Crippen LogP contribution in [0.15, 0.2) is 23.0 Å². The summed E-state index contributed by atoms with van der Waals surface area (Å²) in [4.78, 5) is 31.8. The molecule has 4 heterocycles. The van der Waals surface area contributed by atoms with Crippen molar-refractivity contribution in [2.24, 2.45) is 5.92 Å². The molecule has 27 heavy (non-hydrogen) atoms. The molecule has 6 nitrogen and oxygen atoms in total. The Kier molecular flexibility index (Phi) is 4.36. The summed E-state index contributed by atoms with van der Waals surface area (Å²) >= 11 is 1.72. The minimum atomic E-state index is -0.438. The Morgan fingerprint density at radius 2 is 2.19 bits per heavy atom. The lowest BCUT2D eigenvalue weighted by Gasteiger charge is -2.42. The van der Waals surface area contributed by atoms with Crippen molar-refractivity contribution in [3.05, 3.63) is 49.8 Å². The second-order valence-electron chi connectivity index (χ2n) is 7.86. The Morgan fingerprint density at radius 1 is 1.30 bits per heavy atom. The number of hydrogen-bond donors (Lipinski definition) is 2. The lowest BCUT2D eigenvalue weighted by atomic mass is 9.79. The Labute approximate surface area is 162 Å². The van der Waals surface area contributed by atoms with Gasteiger partial charge in [0.15, 0.2) is 0 Å². The van der Waals surface area contributed by atoms with Gasteiger partial charge in [-0.3, -0.25) is 14.2 Å². The Morgan fingerprint density at radius 3 is 3.07 bits per heavy atom.